The van der Waals surface area contributed by atoms with Gasteiger partial charge in [0, 0.05) is 30.6 Å². The fraction of sp³-hybridized carbons (Fsp3) is 0.429. The predicted molar refractivity (Wildman–Crippen MR) is 94.3 cm³/mol. The van der Waals surface area contributed by atoms with Crippen LogP contribution in [0.1, 0.15) is 19.5 Å². The van der Waals surface area contributed by atoms with Crippen molar-refractivity contribution >= 4 is 50.4 Å². The van der Waals surface area contributed by atoms with Gasteiger partial charge in [-0.25, -0.2) is 0 Å². The Balaban J connectivity index is 2.76. The first-order valence-electron chi connectivity index (χ1n) is 6.07. The second-order valence-electron chi connectivity index (χ2n) is 4.43. The summed E-state index contributed by atoms with van der Waals surface area (Å²) in [6.45, 7) is 13.7. The normalized spacial score (nSPS) is 12.6. The van der Waals surface area contributed by atoms with Gasteiger partial charge in [0.2, 0.25) is 0 Å². The first kappa shape index (κ1) is 14.7. The van der Waals surface area contributed by atoms with E-state index in [0.717, 1.165) is 17.2 Å². The molecule has 2 aromatic heterocycles. The highest BCUT2D eigenvalue weighted by atomic mass is 32.1. The maximum atomic E-state index is 2.31. The van der Waals surface area contributed by atoms with Crippen molar-refractivity contribution in [1.82, 2.24) is 0 Å². The van der Waals surface area contributed by atoms with E-state index in [0.29, 0.717) is 0 Å². The minimum absolute atomic E-state index is 0.896. The molecule has 2 rings (SSSR count). The van der Waals surface area contributed by atoms with E-state index in [9.17, 15) is 0 Å². The lowest BCUT2D eigenvalue weighted by atomic mass is 10.1. The van der Waals surface area contributed by atoms with E-state index >= 15 is 0 Å². The highest BCUT2D eigenvalue weighted by Crippen LogP contribution is 2.39. The van der Waals surface area contributed by atoms with Gasteiger partial charge in [-0.2, -0.15) is 0 Å². The Kier molecular flexibility index (Phi) is 4.66. The van der Waals surface area contributed by atoms with Crippen molar-refractivity contribution < 1.29 is 0 Å². The zero-order valence-corrected chi connectivity index (χ0v) is 15.4. The van der Waals surface area contributed by atoms with Gasteiger partial charge >= 0.3 is 0 Å². The topological polar surface area (TPSA) is 0 Å². The van der Waals surface area contributed by atoms with E-state index in [2.05, 4.69) is 41.0 Å². The fourth-order valence-electron chi connectivity index (χ4n) is 2.57. The fourth-order valence-corrected chi connectivity index (χ4v) is 7.44. The zero-order chi connectivity index (χ0) is 13.4. The van der Waals surface area contributed by atoms with Crippen LogP contribution in [0.25, 0.3) is 11.1 Å². The highest BCUT2D eigenvalue weighted by Gasteiger charge is 2.20. The van der Waals surface area contributed by atoms with Crippen LogP contribution in [-0.2, 0) is 0 Å². The van der Waals surface area contributed by atoms with Gasteiger partial charge < -0.3 is 0 Å². The summed E-state index contributed by atoms with van der Waals surface area (Å²) in [4.78, 5) is 6.02. The van der Waals surface area contributed by atoms with Crippen LogP contribution in [-0.4, -0.2) is 13.3 Å². The molecule has 0 aromatic carbocycles. The van der Waals surface area contributed by atoms with Crippen LogP contribution >= 0.6 is 39.8 Å². The molecule has 0 bridgehead atoms. The summed E-state index contributed by atoms with van der Waals surface area (Å²) in [5.74, 6) is 0. The average Bonchev–Trinajstić information content (AvgIpc) is 2.74. The van der Waals surface area contributed by atoms with Crippen LogP contribution in [0.4, 0.5) is 0 Å². The van der Waals surface area contributed by atoms with Gasteiger partial charge in [0.1, 0.15) is 0 Å². The molecule has 0 spiro atoms. The molecule has 98 valence electrons. The molecule has 0 fully saturated rings. The molecule has 4 heteroatoms. The van der Waals surface area contributed by atoms with Crippen molar-refractivity contribution in [3.63, 3.8) is 0 Å². The molecule has 2 atom stereocenters. The third-order valence-corrected chi connectivity index (χ3v) is 7.92. The van der Waals surface area contributed by atoms with E-state index < -0.39 is 0 Å². The Morgan fingerprint density at radius 3 is 1.22 bits per heavy atom. The van der Waals surface area contributed by atoms with Gasteiger partial charge in [-0.05, 0) is 51.6 Å². The molecule has 0 aliphatic carbocycles. The van der Waals surface area contributed by atoms with Gasteiger partial charge in [0.25, 0.3) is 0 Å². The van der Waals surface area contributed by atoms with E-state index in [1.165, 1.54) is 19.5 Å². The Hall–Kier alpha value is 0.260. The van der Waals surface area contributed by atoms with E-state index in [1.807, 2.05) is 22.7 Å². The van der Waals surface area contributed by atoms with Gasteiger partial charge in [-0.1, -0.05) is 17.2 Å². The van der Waals surface area contributed by atoms with E-state index in [4.69, 9.17) is 0 Å². The second-order valence-corrected chi connectivity index (χ2v) is 9.29. The van der Waals surface area contributed by atoms with Crippen LogP contribution in [0.2, 0.25) is 0 Å². The van der Waals surface area contributed by atoms with Crippen LogP contribution in [0.5, 0.6) is 0 Å². The zero-order valence-electron chi connectivity index (χ0n) is 11.8. The van der Waals surface area contributed by atoms with Crippen LogP contribution in [0.3, 0.4) is 0 Å². The summed E-state index contributed by atoms with van der Waals surface area (Å²) in [5.41, 5.74) is 3.12. The average molecular weight is 314 g/mol. The summed E-state index contributed by atoms with van der Waals surface area (Å²) in [6.07, 6.45) is 0. The van der Waals surface area contributed by atoms with Crippen LogP contribution in [0.15, 0.2) is 0 Å². The Labute approximate surface area is 122 Å². The van der Waals surface area contributed by atoms with Crippen molar-refractivity contribution in [3.8, 4) is 11.1 Å². The smallest absolute Gasteiger partial charge is 0.0103 e. The Morgan fingerprint density at radius 2 is 0.944 bits per heavy atom. The number of hydrogen-bond acceptors (Lipinski definition) is 2. The molecule has 0 amide bonds. The monoisotopic (exact) mass is 314 g/mol. The van der Waals surface area contributed by atoms with E-state index in [1.54, 1.807) is 21.7 Å². The maximum Gasteiger partial charge on any atom is 0.0103 e. The van der Waals surface area contributed by atoms with Crippen molar-refractivity contribution in [2.45, 2.75) is 27.7 Å². The largest absolute Gasteiger partial charge is 0.145 e. The van der Waals surface area contributed by atoms with Gasteiger partial charge in [-0.15, -0.1) is 22.7 Å². The predicted octanol–water partition coefficient (Wildman–Crippen LogP) is 4.58. The molecule has 2 heterocycles. The molecule has 0 nitrogen and oxygen atoms in total. The van der Waals surface area contributed by atoms with Gasteiger partial charge in [0.05, 0.1) is 0 Å². The lowest BCUT2D eigenvalue weighted by Gasteiger charge is -2.08. The lowest BCUT2D eigenvalue weighted by Crippen LogP contribution is -2.06. The molecule has 0 radical (unpaired) electrons. The van der Waals surface area contributed by atoms with E-state index in [-0.39, 0.29) is 0 Å². The van der Waals surface area contributed by atoms with Gasteiger partial charge in [0.15, 0.2) is 0 Å². The SMILES string of the molecule is CPc1c(C)sc(C)c1-c1c(C)sc(C)c1PC. The first-order valence-corrected chi connectivity index (χ1v) is 10.7. The quantitative estimate of drug-likeness (QED) is 0.728. The summed E-state index contributed by atoms with van der Waals surface area (Å²) in [5, 5.41) is 3.19. The van der Waals surface area contributed by atoms with Crippen molar-refractivity contribution in [2.75, 3.05) is 13.3 Å². The summed E-state index contributed by atoms with van der Waals surface area (Å²) in [6, 6.07) is 0. The van der Waals surface area contributed by atoms with Crippen molar-refractivity contribution in [2.24, 2.45) is 0 Å². The number of rotatable bonds is 3. The molecule has 2 aromatic rings. The molecular weight excluding hydrogens is 294 g/mol. The second kappa shape index (κ2) is 5.71. The first-order chi connectivity index (χ1) is 8.51. The number of aryl methyl sites for hydroxylation is 4. The third-order valence-electron chi connectivity index (χ3n) is 3.27. The Bertz CT molecular complexity index is 527. The maximum absolute atomic E-state index is 2.31. The highest BCUT2D eigenvalue weighted by molar-refractivity contribution is 7.49. The van der Waals surface area contributed by atoms with Crippen molar-refractivity contribution in [3.05, 3.63) is 19.5 Å². The van der Waals surface area contributed by atoms with Crippen LogP contribution < -0.4 is 10.6 Å². The molecule has 0 N–H and O–H groups in total. The number of hydrogen-bond donors (Lipinski definition) is 0. The minimum atomic E-state index is 0.896. The summed E-state index contributed by atoms with van der Waals surface area (Å²) in [7, 11) is 1.79. The molecule has 0 aliphatic rings. The Morgan fingerprint density at radius 1 is 0.611 bits per heavy atom. The molecule has 18 heavy (non-hydrogen) atoms. The number of thiophene rings is 2. The summed E-state index contributed by atoms with van der Waals surface area (Å²) < 4.78 is 0. The van der Waals surface area contributed by atoms with Crippen molar-refractivity contribution in [1.29, 1.82) is 0 Å². The molecule has 2 unspecified atom stereocenters. The molecular formula is C14H20P2S2. The van der Waals surface area contributed by atoms with Gasteiger partial charge in [-0.3, -0.25) is 0 Å². The molecule has 0 aliphatic heterocycles. The molecule has 0 saturated heterocycles. The third kappa shape index (κ3) is 2.34. The van der Waals surface area contributed by atoms with Crippen LogP contribution in [0, 0.1) is 27.7 Å². The summed E-state index contributed by atoms with van der Waals surface area (Å²) >= 11 is 3.93. The lowest BCUT2D eigenvalue weighted by molar-refractivity contribution is 1.57. The minimum Gasteiger partial charge on any atom is -0.145 e. The molecule has 0 saturated carbocycles. The standard InChI is InChI=1S/C14H20P2S2/c1-7-11(13(15-5)9(3)17-7)12-8(2)18-10(4)14(12)16-6/h15-16H,1-6H3.